The van der Waals surface area contributed by atoms with Crippen molar-refractivity contribution < 1.29 is 18.1 Å². The Balaban J connectivity index is 2.21. The SMILES string of the molecule is [B]C(=O)NNS(=O)(=O)c1ccc2c3c(cc([N+](=O)[O-])c2c1)NCC3CCl. The minimum Gasteiger partial charge on any atom is -0.384 e. The van der Waals surface area contributed by atoms with Gasteiger partial charge in [0, 0.05) is 30.1 Å². The molecule has 1 atom stereocenters. The molecule has 0 saturated heterocycles. The van der Waals surface area contributed by atoms with Gasteiger partial charge in [-0.15, -0.1) is 16.4 Å². The molecule has 1 unspecified atom stereocenters. The molecule has 2 radical (unpaired) electrons. The number of hydrogen-bond acceptors (Lipinski definition) is 6. The Labute approximate surface area is 154 Å². The molecular formula is C14H12BClN4O5S. The number of alkyl halides is 1. The highest BCUT2D eigenvalue weighted by atomic mass is 35.5. The Kier molecular flexibility index (Phi) is 4.78. The molecule has 2 aromatic rings. The molecule has 9 nitrogen and oxygen atoms in total. The number of nitrogens with one attached hydrogen (secondary N) is 3. The summed E-state index contributed by atoms with van der Waals surface area (Å²) < 4.78 is 24.5. The van der Waals surface area contributed by atoms with Crippen LogP contribution in [0.25, 0.3) is 10.8 Å². The summed E-state index contributed by atoms with van der Waals surface area (Å²) in [5, 5.41) is 15.2. The van der Waals surface area contributed by atoms with Crippen LogP contribution in [0.1, 0.15) is 11.5 Å². The molecule has 0 saturated carbocycles. The van der Waals surface area contributed by atoms with E-state index in [9.17, 15) is 23.3 Å². The topological polar surface area (TPSA) is 130 Å². The van der Waals surface area contributed by atoms with E-state index in [0.29, 0.717) is 23.5 Å². The maximum Gasteiger partial charge on any atom is 0.279 e. The highest BCUT2D eigenvalue weighted by Crippen LogP contribution is 2.42. The fourth-order valence-electron chi connectivity index (χ4n) is 2.96. The van der Waals surface area contributed by atoms with Crippen LogP contribution in [-0.2, 0) is 10.0 Å². The maximum atomic E-state index is 12.2. The standard InChI is InChI=1S/C14H12BClN4O5S/c15-14(21)18-19-26(24,25)8-1-2-9-10(3-8)12(20(22)23)4-11-13(9)7(5-16)6-17-11/h1-4,7,17,19H,5-6H2,(H,18,21). The Morgan fingerprint density at radius 1 is 1.38 bits per heavy atom. The number of nitro benzene ring substituents is 1. The first-order chi connectivity index (χ1) is 12.2. The molecule has 3 N–H and O–H groups in total. The van der Waals surface area contributed by atoms with Crippen molar-refractivity contribution in [1.29, 1.82) is 0 Å². The zero-order valence-electron chi connectivity index (χ0n) is 13.2. The van der Waals surface area contributed by atoms with Gasteiger partial charge in [-0.1, -0.05) is 6.07 Å². The second-order valence-electron chi connectivity index (χ2n) is 5.65. The van der Waals surface area contributed by atoms with Crippen LogP contribution in [-0.4, -0.2) is 39.4 Å². The van der Waals surface area contributed by atoms with E-state index < -0.39 is 20.8 Å². The number of sulfonamides is 1. The molecule has 2 aromatic carbocycles. The van der Waals surface area contributed by atoms with Gasteiger partial charge in [-0.2, -0.15) is 0 Å². The summed E-state index contributed by atoms with van der Waals surface area (Å²) in [6.45, 7) is 0.541. The average molecular weight is 395 g/mol. The lowest BCUT2D eigenvalue weighted by Gasteiger charge is -2.12. The summed E-state index contributed by atoms with van der Waals surface area (Å²) in [6, 6.07) is 5.34. The van der Waals surface area contributed by atoms with Crippen molar-refractivity contribution in [2.45, 2.75) is 10.8 Å². The summed E-state index contributed by atoms with van der Waals surface area (Å²) in [4.78, 5) is 23.1. The summed E-state index contributed by atoms with van der Waals surface area (Å²) in [6.07, 6.45) is 0. The predicted molar refractivity (Wildman–Crippen MR) is 97.2 cm³/mol. The number of benzene rings is 2. The Hall–Kier alpha value is -2.37. The number of non-ortho nitro benzene ring substituents is 1. The minimum atomic E-state index is -4.15. The van der Waals surface area contributed by atoms with Crippen LogP contribution in [0.3, 0.4) is 0 Å². The number of nitrogens with zero attached hydrogens (tertiary/aromatic N) is 1. The minimum absolute atomic E-state index is 0.0490. The van der Waals surface area contributed by atoms with E-state index in [2.05, 4.69) is 5.32 Å². The highest BCUT2D eigenvalue weighted by molar-refractivity contribution is 7.89. The number of amides is 1. The van der Waals surface area contributed by atoms with Gasteiger partial charge in [-0.3, -0.25) is 20.3 Å². The fraction of sp³-hybridized carbons (Fsp3) is 0.214. The van der Waals surface area contributed by atoms with E-state index in [4.69, 9.17) is 19.4 Å². The van der Waals surface area contributed by atoms with E-state index in [1.54, 1.807) is 10.3 Å². The van der Waals surface area contributed by atoms with Crippen LogP contribution >= 0.6 is 11.6 Å². The lowest BCUT2D eigenvalue weighted by molar-refractivity contribution is -0.383. The smallest absolute Gasteiger partial charge is 0.279 e. The Bertz CT molecular complexity index is 1030. The second-order valence-corrected chi connectivity index (χ2v) is 7.64. The summed E-state index contributed by atoms with van der Waals surface area (Å²) in [7, 11) is 0.690. The largest absolute Gasteiger partial charge is 0.384 e. The molecule has 134 valence electrons. The molecule has 1 heterocycles. The van der Waals surface area contributed by atoms with Crippen LogP contribution in [0.2, 0.25) is 0 Å². The molecule has 1 amide bonds. The van der Waals surface area contributed by atoms with E-state index >= 15 is 0 Å². The number of hydrogen-bond donors (Lipinski definition) is 3. The summed E-state index contributed by atoms with van der Waals surface area (Å²) in [5.74, 6) is -0.821. The quantitative estimate of drug-likeness (QED) is 0.305. The van der Waals surface area contributed by atoms with Crippen LogP contribution in [0.4, 0.5) is 16.2 Å². The monoisotopic (exact) mass is 394 g/mol. The number of halogens is 1. The van der Waals surface area contributed by atoms with E-state index in [0.717, 1.165) is 5.56 Å². The third-order valence-electron chi connectivity index (χ3n) is 4.08. The number of hydrazine groups is 1. The number of carbonyl (C=O) groups is 1. The molecule has 0 spiro atoms. The van der Waals surface area contributed by atoms with E-state index in [-0.39, 0.29) is 21.9 Å². The molecular weight excluding hydrogens is 383 g/mol. The Morgan fingerprint density at radius 2 is 2.12 bits per heavy atom. The lowest BCUT2D eigenvalue weighted by Crippen LogP contribution is -2.40. The van der Waals surface area contributed by atoms with E-state index in [1.807, 2.05) is 0 Å². The van der Waals surface area contributed by atoms with Gasteiger partial charge < -0.3 is 5.32 Å². The van der Waals surface area contributed by atoms with Crippen molar-refractivity contribution in [2.75, 3.05) is 17.7 Å². The van der Waals surface area contributed by atoms with Gasteiger partial charge in [-0.25, -0.2) is 8.42 Å². The first-order valence-electron chi connectivity index (χ1n) is 7.36. The molecule has 0 fully saturated rings. The maximum absolute atomic E-state index is 12.2. The molecule has 1 aliphatic heterocycles. The van der Waals surface area contributed by atoms with Crippen molar-refractivity contribution in [2.24, 2.45) is 0 Å². The first kappa shape index (κ1) is 18.4. The number of carbonyl (C=O) groups excluding carboxylic acids is 1. The molecule has 0 aliphatic carbocycles. The molecule has 26 heavy (non-hydrogen) atoms. The number of anilines is 1. The highest BCUT2D eigenvalue weighted by Gasteiger charge is 2.29. The first-order valence-corrected chi connectivity index (χ1v) is 9.38. The van der Waals surface area contributed by atoms with Gasteiger partial charge in [-0.05, 0) is 23.1 Å². The third kappa shape index (κ3) is 3.20. The normalized spacial score (nSPS) is 16.1. The molecule has 12 heteroatoms. The average Bonchev–Trinajstić information content (AvgIpc) is 3.02. The molecule has 0 aromatic heterocycles. The molecule has 1 aliphatic rings. The van der Waals surface area contributed by atoms with Gasteiger partial charge in [0.25, 0.3) is 15.7 Å². The molecule has 0 bridgehead atoms. The lowest BCUT2D eigenvalue weighted by atomic mass is 9.95. The van der Waals surface area contributed by atoms with Crippen molar-refractivity contribution in [3.8, 4) is 0 Å². The zero-order chi connectivity index (χ0) is 19.1. The van der Waals surface area contributed by atoms with Crippen molar-refractivity contribution in [1.82, 2.24) is 10.3 Å². The third-order valence-corrected chi connectivity index (χ3v) is 5.70. The number of nitro groups is 1. The Morgan fingerprint density at radius 3 is 2.73 bits per heavy atom. The summed E-state index contributed by atoms with van der Waals surface area (Å²) >= 11 is 5.98. The predicted octanol–water partition coefficient (Wildman–Crippen LogP) is 1.57. The van der Waals surface area contributed by atoms with Gasteiger partial charge in [0.2, 0.25) is 7.85 Å². The number of rotatable bonds is 5. The van der Waals surface area contributed by atoms with Crippen molar-refractivity contribution in [3.63, 3.8) is 0 Å². The van der Waals surface area contributed by atoms with Crippen LogP contribution in [0, 0.1) is 10.1 Å². The van der Waals surface area contributed by atoms with E-state index in [1.165, 1.54) is 24.3 Å². The second kappa shape index (κ2) is 6.74. The van der Waals surface area contributed by atoms with Gasteiger partial charge in [0.05, 0.1) is 15.2 Å². The van der Waals surface area contributed by atoms with Crippen LogP contribution in [0.15, 0.2) is 29.2 Å². The summed E-state index contributed by atoms with van der Waals surface area (Å²) in [5.41, 5.74) is 2.96. The van der Waals surface area contributed by atoms with Crippen LogP contribution in [0.5, 0.6) is 0 Å². The van der Waals surface area contributed by atoms with Gasteiger partial charge >= 0.3 is 0 Å². The van der Waals surface area contributed by atoms with Gasteiger partial charge in [0.1, 0.15) is 0 Å². The fourth-order valence-corrected chi connectivity index (χ4v) is 4.09. The van der Waals surface area contributed by atoms with Crippen LogP contribution < -0.4 is 15.6 Å². The van der Waals surface area contributed by atoms with Crippen molar-refractivity contribution in [3.05, 3.63) is 39.9 Å². The van der Waals surface area contributed by atoms with Gasteiger partial charge in [0.15, 0.2) is 5.81 Å². The number of fused-ring (bicyclic) bond motifs is 3. The zero-order valence-corrected chi connectivity index (χ0v) is 14.7. The molecule has 3 rings (SSSR count). The van der Waals surface area contributed by atoms with Crippen molar-refractivity contribution >= 4 is 57.4 Å².